The number of methoxy groups -OCH3 is 1. The average molecular weight is 390 g/mol. The third-order valence-corrected chi connectivity index (χ3v) is 4.52. The minimum atomic E-state index is -0.955. The van der Waals surface area contributed by atoms with E-state index in [4.69, 9.17) is 25.8 Å². The first kappa shape index (κ1) is 19.0. The number of anilines is 1. The lowest BCUT2D eigenvalue weighted by Crippen LogP contribution is -2.36. The molecule has 1 aliphatic rings. The van der Waals surface area contributed by atoms with E-state index in [0.717, 1.165) is 5.56 Å². The number of para-hydroxylation sites is 2. The molecule has 0 saturated carbocycles. The SMILES string of the molecule is COc1ccccc1NC(=O)[C@H](C)OC(=O)[C@@H]1COc2ccc(Cl)cc2C1. The number of ether oxygens (including phenoxy) is 3. The Kier molecular flexibility index (Phi) is 5.86. The van der Waals surface area contributed by atoms with Crippen LogP contribution in [0, 0.1) is 5.92 Å². The first-order valence-electron chi connectivity index (χ1n) is 8.53. The predicted octanol–water partition coefficient (Wildman–Crippen LogP) is 3.47. The molecule has 6 nitrogen and oxygen atoms in total. The number of carbonyl (C=O) groups is 2. The number of hydrogen-bond donors (Lipinski definition) is 1. The van der Waals surface area contributed by atoms with Crippen molar-refractivity contribution in [3.05, 3.63) is 53.1 Å². The number of hydrogen-bond acceptors (Lipinski definition) is 5. The van der Waals surface area contributed by atoms with Crippen LogP contribution in [0.4, 0.5) is 5.69 Å². The van der Waals surface area contributed by atoms with Crippen LogP contribution >= 0.6 is 11.6 Å². The maximum atomic E-state index is 12.4. The van der Waals surface area contributed by atoms with Crippen LogP contribution in [0.2, 0.25) is 5.02 Å². The maximum absolute atomic E-state index is 12.4. The largest absolute Gasteiger partial charge is 0.495 e. The zero-order valence-corrected chi connectivity index (χ0v) is 15.8. The molecule has 1 amide bonds. The number of carbonyl (C=O) groups excluding carboxylic acids is 2. The van der Waals surface area contributed by atoms with Gasteiger partial charge < -0.3 is 19.5 Å². The second-order valence-corrected chi connectivity index (χ2v) is 6.67. The predicted molar refractivity (Wildman–Crippen MR) is 101 cm³/mol. The molecule has 2 atom stereocenters. The summed E-state index contributed by atoms with van der Waals surface area (Å²) in [6.45, 7) is 1.73. The van der Waals surface area contributed by atoms with E-state index in [1.807, 2.05) is 0 Å². The molecule has 0 fully saturated rings. The third kappa shape index (κ3) is 4.52. The van der Waals surface area contributed by atoms with Crippen molar-refractivity contribution in [3.63, 3.8) is 0 Å². The summed E-state index contributed by atoms with van der Waals surface area (Å²) < 4.78 is 16.1. The van der Waals surface area contributed by atoms with Gasteiger partial charge in [-0.15, -0.1) is 0 Å². The highest BCUT2D eigenvalue weighted by atomic mass is 35.5. The number of halogens is 1. The lowest BCUT2D eigenvalue weighted by Gasteiger charge is -2.25. The summed E-state index contributed by atoms with van der Waals surface area (Å²) in [6, 6.07) is 12.3. The fraction of sp³-hybridized carbons (Fsp3) is 0.300. The number of nitrogens with one attached hydrogen (secondary N) is 1. The molecule has 1 heterocycles. The smallest absolute Gasteiger partial charge is 0.313 e. The highest BCUT2D eigenvalue weighted by molar-refractivity contribution is 6.30. The van der Waals surface area contributed by atoms with Crippen LogP contribution in [0.25, 0.3) is 0 Å². The summed E-state index contributed by atoms with van der Waals surface area (Å²) in [4.78, 5) is 24.8. The normalized spacial score (nSPS) is 16.5. The Morgan fingerprint density at radius 2 is 2.04 bits per heavy atom. The fourth-order valence-electron chi connectivity index (χ4n) is 2.82. The Hall–Kier alpha value is -2.73. The molecule has 0 bridgehead atoms. The van der Waals surface area contributed by atoms with Gasteiger partial charge in [-0.1, -0.05) is 23.7 Å². The van der Waals surface area contributed by atoms with Crippen molar-refractivity contribution in [3.8, 4) is 11.5 Å². The monoisotopic (exact) mass is 389 g/mol. The minimum Gasteiger partial charge on any atom is -0.495 e. The molecule has 0 saturated heterocycles. The highest BCUT2D eigenvalue weighted by Crippen LogP contribution is 2.30. The molecule has 3 rings (SSSR count). The van der Waals surface area contributed by atoms with Crippen molar-refractivity contribution in [1.82, 2.24) is 0 Å². The van der Waals surface area contributed by atoms with E-state index in [0.29, 0.717) is 28.6 Å². The van der Waals surface area contributed by atoms with Crippen molar-refractivity contribution < 1.29 is 23.8 Å². The van der Waals surface area contributed by atoms with Crippen LogP contribution < -0.4 is 14.8 Å². The molecular weight excluding hydrogens is 370 g/mol. The molecule has 2 aromatic carbocycles. The Morgan fingerprint density at radius 1 is 1.26 bits per heavy atom. The van der Waals surface area contributed by atoms with Gasteiger partial charge in [-0.05, 0) is 49.2 Å². The fourth-order valence-corrected chi connectivity index (χ4v) is 3.02. The molecule has 7 heteroatoms. The molecule has 2 aromatic rings. The van der Waals surface area contributed by atoms with E-state index in [1.54, 1.807) is 42.5 Å². The van der Waals surface area contributed by atoms with Crippen molar-refractivity contribution in [2.75, 3.05) is 19.0 Å². The zero-order valence-electron chi connectivity index (χ0n) is 15.0. The van der Waals surface area contributed by atoms with Crippen molar-refractivity contribution in [1.29, 1.82) is 0 Å². The number of rotatable bonds is 5. The van der Waals surface area contributed by atoms with E-state index < -0.39 is 23.9 Å². The van der Waals surface area contributed by atoms with Gasteiger partial charge in [0, 0.05) is 5.02 Å². The van der Waals surface area contributed by atoms with Crippen molar-refractivity contribution >= 4 is 29.2 Å². The van der Waals surface area contributed by atoms with Crippen LogP contribution in [0.3, 0.4) is 0 Å². The summed E-state index contributed by atoms with van der Waals surface area (Å²) in [5.41, 5.74) is 1.36. The van der Waals surface area contributed by atoms with Crippen LogP contribution in [0.15, 0.2) is 42.5 Å². The molecule has 0 radical (unpaired) electrons. The summed E-state index contributed by atoms with van der Waals surface area (Å²) in [5, 5.41) is 3.28. The Morgan fingerprint density at radius 3 is 2.81 bits per heavy atom. The van der Waals surface area contributed by atoms with Gasteiger partial charge in [0.25, 0.3) is 5.91 Å². The Labute approximate surface area is 162 Å². The standard InChI is InChI=1S/C20H20ClNO5/c1-12(19(23)22-16-5-3-4-6-18(16)25-2)27-20(24)14-9-13-10-15(21)7-8-17(13)26-11-14/h3-8,10,12,14H,9,11H2,1-2H3,(H,22,23)/t12-,14-/m0/s1. The van der Waals surface area contributed by atoms with Gasteiger partial charge in [-0.2, -0.15) is 0 Å². The molecule has 142 valence electrons. The van der Waals surface area contributed by atoms with Crippen LogP contribution in [-0.4, -0.2) is 31.7 Å². The summed E-state index contributed by atoms with van der Waals surface area (Å²) >= 11 is 6.00. The van der Waals surface area contributed by atoms with Gasteiger partial charge in [0.1, 0.15) is 18.1 Å². The first-order chi connectivity index (χ1) is 13.0. The summed E-state index contributed by atoms with van der Waals surface area (Å²) in [5.74, 6) is -0.169. The van der Waals surface area contributed by atoms with E-state index in [2.05, 4.69) is 5.32 Å². The van der Waals surface area contributed by atoms with E-state index >= 15 is 0 Å². The van der Waals surface area contributed by atoms with E-state index in [1.165, 1.54) is 14.0 Å². The highest BCUT2D eigenvalue weighted by Gasteiger charge is 2.30. The van der Waals surface area contributed by atoms with Gasteiger partial charge in [0.15, 0.2) is 6.10 Å². The Bertz CT molecular complexity index is 854. The molecule has 0 aromatic heterocycles. The zero-order chi connectivity index (χ0) is 19.4. The minimum absolute atomic E-state index is 0.203. The second kappa shape index (κ2) is 8.31. The quantitative estimate of drug-likeness (QED) is 0.792. The van der Waals surface area contributed by atoms with Crippen molar-refractivity contribution in [2.24, 2.45) is 5.92 Å². The molecule has 1 aliphatic heterocycles. The maximum Gasteiger partial charge on any atom is 0.313 e. The molecule has 27 heavy (non-hydrogen) atoms. The molecule has 0 aliphatic carbocycles. The average Bonchev–Trinajstić information content (AvgIpc) is 2.67. The van der Waals surface area contributed by atoms with Crippen LogP contribution in [-0.2, 0) is 20.7 Å². The third-order valence-electron chi connectivity index (χ3n) is 4.29. The molecule has 0 unspecified atom stereocenters. The lowest BCUT2D eigenvalue weighted by atomic mass is 9.97. The van der Waals surface area contributed by atoms with Crippen LogP contribution in [0.5, 0.6) is 11.5 Å². The number of fused-ring (bicyclic) bond motifs is 1. The van der Waals surface area contributed by atoms with Crippen molar-refractivity contribution in [2.45, 2.75) is 19.4 Å². The van der Waals surface area contributed by atoms with E-state index in [9.17, 15) is 9.59 Å². The Balaban J connectivity index is 1.59. The van der Waals surface area contributed by atoms with E-state index in [-0.39, 0.29) is 6.61 Å². The van der Waals surface area contributed by atoms with Gasteiger partial charge in [0.05, 0.1) is 18.7 Å². The topological polar surface area (TPSA) is 73.9 Å². The van der Waals surface area contributed by atoms with Gasteiger partial charge in [-0.3, -0.25) is 9.59 Å². The molecule has 1 N–H and O–H groups in total. The number of amides is 1. The lowest BCUT2D eigenvalue weighted by molar-refractivity contribution is -0.158. The molecular formula is C20H20ClNO5. The summed E-state index contributed by atoms with van der Waals surface area (Å²) in [7, 11) is 1.52. The van der Waals surface area contributed by atoms with Crippen LogP contribution in [0.1, 0.15) is 12.5 Å². The first-order valence-corrected chi connectivity index (χ1v) is 8.91. The second-order valence-electron chi connectivity index (χ2n) is 6.23. The van der Waals surface area contributed by atoms with Gasteiger partial charge in [0.2, 0.25) is 0 Å². The summed E-state index contributed by atoms with van der Waals surface area (Å²) in [6.07, 6.45) is -0.501. The number of esters is 1. The van der Waals surface area contributed by atoms with Gasteiger partial charge in [-0.25, -0.2) is 0 Å². The van der Waals surface area contributed by atoms with Gasteiger partial charge >= 0.3 is 5.97 Å². The number of benzene rings is 2. The molecule has 0 spiro atoms.